The van der Waals surface area contributed by atoms with Crippen LogP contribution in [0.4, 0.5) is 21.6 Å². The van der Waals surface area contributed by atoms with E-state index in [0.29, 0.717) is 53.5 Å². The van der Waals surface area contributed by atoms with Crippen LogP contribution < -0.4 is 15.4 Å². The van der Waals surface area contributed by atoms with Crippen molar-refractivity contribution >= 4 is 34.0 Å². The van der Waals surface area contributed by atoms with E-state index >= 15 is 0 Å². The van der Waals surface area contributed by atoms with Crippen molar-refractivity contribution in [2.75, 3.05) is 44.5 Å². The molecule has 1 atom stereocenters. The molecular weight excluding hydrogens is 451 g/mol. The molecule has 1 aromatic heterocycles. The molecular formula is C25H27FN6O3. The van der Waals surface area contributed by atoms with E-state index in [9.17, 15) is 9.18 Å². The number of nitrogens with one attached hydrogen (secondary N) is 2. The van der Waals surface area contributed by atoms with Crippen LogP contribution in [0.25, 0.3) is 10.9 Å². The van der Waals surface area contributed by atoms with Gasteiger partial charge in [0, 0.05) is 30.0 Å². The maximum absolute atomic E-state index is 13.7. The number of fused-ring (bicyclic) bond motifs is 1. The smallest absolute Gasteiger partial charge is 0.224 e. The Labute approximate surface area is 202 Å². The van der Waals surface area contributed by atoms with Crippen molar-refractivity contribution in [2.24, 2.45) is 0 Å². The third-order valence-corrected chi connectivity index (χ3v) is 5.55. The first-order valence-corrected chi connectivity index (χ1v) is 11.4. The minimum absolute atomic E-state index is 0.0755. The summed E-state index contributed by atoms with van der Waals surface area (Å²) in [5.74, 6) is 0.237. The number of aromatic nitrogens is 2. The van der Waals surface area contributed by atoms with Crippen LogP contribution in [-0.2, 0) is 9.53 Å². The van der Waals surface area contributed by atoms with Crippen molar-refractivity contribution in [3.8, 4) is 11.8 Å². The lowest BCUT2D eigenvalue weighted by Crippen LogP contribution is -2.19. The van der Waals surface area contributed by atoms with E-state index in [1.807, 2.05) is 25.1 Å². The molecule has 9 nitrogen and oxygen atoms in total. The molecule has 2 aromatic carbocycles. The SMILES string of the molecule is CN(C)CCCC(=O)Nc1cc2c(Nc3ccc(F)c(C#N)c3)ncnc2cc1O[C@@H]1CCOC1. The molecule has 0 bridgehead atoms. The Morgan fingerprint density at radius 2 is 2.17 bits per heavy atom. The highest BCUT2D eigenvalue weighted by molar-refractivity contribution is 5.99. The second kappa shape index (κ2) is 11.1. The van der Waals surface area contributed by atoms with Crippen LogP contribution in [0.2, 0.25) is 0 Å². The van der Waals surface area contributed by atoms with Crippen LogP contribution in [0.15, 0.2) is 36.7 Å². The van der Waals surface area contributed by atoms with Crippen LogP contribution in [-0.4, -0.2) is 60.7 Å². The van der Waals surface area contributed by atoms with Crippen molar-refractivity contribution in [3.63, 3.8) is 0 Å². The summed E-state index contributed by atoms with van der Waals surface area (Å²) in [5, 5.41) is 15.9. The number of amides is 1. The second-order valence-corrected chi connectivity index (χ2v) is 8.58. The van der Waals surface area contributed by atoms with Gasteiger partial charge in [0.25, 0.3) is 0 Å². The highest BCUT2D eigenvalue weighted by Crippen LogP contribution is 2.35. The van der Waals surface area contributed by atoms with Crippen molar-refractivity contribution < 1.29 is 18.7 Å². The highest BCUT2D eigenvalue weighted by Gasteiger charge is 2.21. The summed E-state index contributed by atoms with van der Waals surface area (Å²) in [5.41, 5.74) is 1.53. The molecule has 1 aliphatic rings. The van der Waals surface area contributed by atoms with Crippen LogP contribution in [0.5, 0.6) is 5.75 Å². The fourth-order valence-corrected chi connectivity index (χ4v) is 3.76. The minimum atomic E-state index is -0.595. The number of hydrogen-bond acceptors (Lipinski definition) is 8. The Morgan fingerprint density at radius 1 is 1.31 bits per heavy atom. The van der Waals surface area contributed by atoms with E-state index in [0.717, 1.165) is 19.4 Å². The lowest BCUT2D eigenvalue weighted by atomic mass is 10.1. The zero-order valence-corrected chi connectivity index (χ0v) is 19.7. The number of ether oxygens (including phenoxy) is 2. The zero-order valence-electron chi connectivity index (χ0n) is 19.7. The fourth-order valence-electron chi connectivity index (χ4n) is 3.76. The first-order valence-electron chi connectivity index (χ1n) is 11.4. The Morgan fingerprint density at radius 3 is 2.91 bits per heavy atom. The van der Waals surface area contributed by atoms with Gasteiger partial charge in [-0.2, -0.15) is 5.26 Å². The van der Waals surface area contributed by atoms with Crippen LogP contribution in [0, 0.1) is 17.1 Å². The maximum atomic E-state index is 13.7. The first kappa shape index (κ1) is 24.3. The molecule has 1 fully saturated rings. The molecule has 0 radical (unpaired) electrons. The van der Waals surface area contributed by atoms with Gasteiger partial charge in [-0.25, -0.2) is 14.4 Å². The molecule has 1 amide bonds. The fraction of sp³-hybridized carbons (Fsp3) is 0.360. The Bertz CT molecular complexity index is 1250. The monoisotopic (exact) mass is 478 g/mol. The predicted molar refractivity (Wildman–Crippen MR) is 130 cm³/mol. The summed E-state index contributed by atoms with van der Waals surface area (Å²) in [4.78, 5) is 23.4. The zero-order chi connectivity index (χ0) is 24.8. The molecule has 182 valence electrons. The van der Waals surface area contributed by atoms with Gasteiger partial charge in [0.1, 0.15) is 35.9 Å². The van der Waals surface area contributed by atoms with Crippen molar-refractivity contribution in [2.45, 2.75) is 25.4 Å². The molecule has 10 heteroatoms. The van der Waals surface area contributed by atoms with Gasteiger partial charge in [0.15, 0.2) is 0 Å². The van der Waals surface area contributed by atoms with Crippen LogP contribution in [0.3, 0.4) is 0 Å². The van der Waals surface area contributed by atoms with Crippen molar-refractivity contribution in [1.82, 2.24) is 14.9 Å². The quantitative estimate of drug-likeness (QED) is 0.477. The number of anilines is 3. The molecule has 2 heterocycles. The van der Waals surface area contributed by atoms with Gasteiger partial charge in [-0.1, -0.05) is 0 Å². The number of carbonyl (C=O) groups excluding carboxylic acids is 1. The molecule has 0 unspecified atom stereocenters. The lowest BCUT2D eigenvalue weighted by Gasteiger charge is -2.18. The third kappa shape index (κ3) is 6.20. The standard InChI is InChI=1S/C25H27FN6O3/c1-32(2)8-3-4-24(33)31-22-11-19-21(12-23(22)35-18-7-9-34-14-18)28-15-29-25(19)30-17-5-6-20(26)16(10-17)13-27/h5-6,10-12,15,18H,3-4,7-9,14H2,1-2H3,(H,31,33)(H,28,29,30)/t18-/m1/s1. The van der Waals surface area contributed by atoms with Gasteiger partial charge in [0.05, 0.1) is 30.0 Å². The van der Waals surface area contributed by atoms with Gasteiger partial charge >= 0.3 is 0 Å². The summed E-state index contributed by atoms with van der Waals surface area (Å²) in [6.45, 7) is 1.91. The number of hydrogen-bond donors (Lipinski definition) is 2. The Balaban J connectivity index is 1.66. The molecule has 35 heavy (non-hydrogen) atoms. The summed E-state index contributed by atoms with van der Waals surface area (Å²) < 4.78 is 25.3. The molecule has 1 aliphatic heterocycles. The van der Waals surface area contributed by atoms with E-state index in [2.05, 4.69) is 20.6 Å². The molecule has 1 saturated heterocycles. The van der Waals surface area contributed by atoms with E-state index in [-0.39, 0.29) is 17.6 Å². The number of rotatable bonds is 9. The van der Waals surface area contributed by atoms with E-state index in [1.165, 1.54) is 24.5 Å². The van der Waals surface area contributed by atoms with E-state index in [1.54, 1.807) is 12.1 Å². The molecule has 4 rings (SSSR count). The molecule has 2 N–H and O–H groups in total. The van der Waals surface area contributed by atoms with Gasteiger partial charge < -0.3 is 25.0 Å². The Kier molecular flexibility index (Phi) is 7.70. The number of nitrogens with zero attached hydrogens (tertiary/aromatic N) is 4. The number of nitriles is 1. The van der Waals surface area contributed by atoms with Gasteiger partial charge in [-0.05, 0) is 51.3 Å². The molecule has 3 aromatic rings. The Hall–Kier alpha value is -3.81. The van der Waals surface area contributed by atoms with Crippen molar-refractivity contribution in [3.05, 3.63) is 48.0 Å². The summed E-state index contributed by atoms with van der Waals surface area (Å²) in [6.07, 6.45) is 3.14. The summed E-state index contributed by atoms with van der Waals surface area (Å²) in [7, 11) is 3.93. The molecule has 0 aliphatic carbocycles. The summed E-state index contributed by atoms with van der Waals surface area (Å²) in [6, 6.07) is 9.52. The minimum Gasteiger partial charge on any atom is -0.486 e. The molecule has 0 saturated carbocycles. The second-order valence-electron chi connectivity index (χ2n) is 8.58. The largest absolute Gasteiger partial charge is 0.486 e. The van der Waals surface area contributed by atoms with E-state index < -0.39 is 5.82 Å². The lowest BCUT2D eigenvalue weighted by molar-refractivity contribution is -0.116. The van der Waals surface area contributed by atoms with Gasteiger partial charge in [-0.3, -0.25) is 4.79 Å². The number of carbonyl (C=O) groups is 1. The normalized spacial score (nSPS) is 15.2. The maximum Gasteiger partial charge on any atom is 0.224 e. The topological polar surface area (TPSA) is 112 Å². The number of benzene rings is 2. The number of halogens is 1. The van der Waals surface area contributed by atoms with Crippen LogP contribution >= 0.6 is 0 Å². The average molecular weight is 479 g/mol. The van der Waals surface area contributed by atoms with Gasteiger partial charge in [-0.15, -0.1) is 0 Å². The molecule has 0 spiro atoms. The van der Waals surface area contributed by atoms with Crippen molar-refractivity contribution in [1.29, 1.82) is 5.26 Å². The first-order chi connectivity index (χ1) is 16.9. The van der Waals surface area contributed by atoms with E-state index in [4.69, 9.17) is 14.7 Å². The summed E-state index contributed by atoms with van der Waals surface area (Å²) >= 11 is 0. The van der Waals surface area contributed by atoms with Gasteiger partial charge in [0.2, 0.25) is 5.91 Å². The average Bonchev–Trinajstić information content (AvgIpc) is 3.34. The predicted octanol–water partition coefficient (Wildman–Crippen LogP) is 3.83. The third-order valence-electron chi connectivity index (χ3n) is 5.55. The van der Waals surface area contributed by atoms with Crippen LogP contribution in [0.1, 0.15) is 24.8 Å². The highest BCUT2D eigenvalue weighted by atomic mass is 19.1.